The Morgan fingerprint density at radius 1 is 1.40 bits per heavy atom. The fourth-order valence-corrected chi connectivity index (χ4v) is 1.76. The molecule has 0 aliphatic carbocycles. The van der Waals surface area contributed by atoms with Gasteiger partial charge in [0.2, 0.25) is 0 Å². The van der Waals surface area contributed by atoms with Crippen LogP contribution in [-0.2, 0) is 0 Å². The minimum Gasteiger partial charge on any atom is -0.299 e. The quantitative estimate of drug-likeness (QED) is 0.636. The van der Waals surface area contributed by atoms with Crippen molar-refractivity contribution in [3.63, 3.8) is 0 Å². The summed E-state index contributed by atoms with van der Waals surface area (Å²) < 4.78 is 0. The van der Waals surface area contributed by atoms with Crippen LogP contribution in [0.3, 0.4) is 0 Å². The van der Waals surface area contributed by atoms with Gasteiger partial charge in [-0.3, -0.25) is 4.90 Å². The second-order valence-electron chi connectivity index (χ2n) is 3.81. The largest absolute Gasteiger partial charge is 0.299 e. The highest BCUT2D eigenvalue weighted by atomic mass is 15.1. The summed E-state index contributed by atoms with van der Waals surface area (Å²) in [6.45, 7) is 17.3. The zero-order chi connectivity index (χ0) is 11.7. The number of hydrogen-bond donors (Lipinski definition) is 0. The molecule has 1 aliphatic heterocycles. The van der Waals surface area contributed by atoms with E-state index in [4.69, 9.17) is 0 Å². The highest BCUT2D eigenvalue weighted by Gasteiger charge is 2.18. The lowest BCUT2D eigenvalue weighted by Gasteiger charge is -2.15. The number of likely N-dealkylation sites (tertiary alicyclic amines) is 1. The van der Waals surface area contributed by atoms with Crippen molar-refractivity contribution < 1.29 is 0 Å². The van der Waals surface area contributed by atoms with Crippen LogP contribution in [0.15, 0.2) is 37.0 Å². The molecule has 1 atom stereocenters. The Hall–Kier alpha value is -0.820. The molecular formula is C14H25N. The molecule has 1 aliphatic rings. The predicted octanol–water partition coefficient (Wildman–Crippen LogP) is 3.65. The van der Waals surface area contributed by atoms with Gasteiger partial charge in [-0.25, -0.2) is 0 Å². The lowest BCUT2D eigenvalue weighted by molar-refractivity contribution is 0.358. The van der Waals surface area contributed by atoms with E-state index in [0.717, 1.165) is 12.5 Å². The van der Waals surface area contributed by atoms with Crippen molar-refractivity contribution in [2.45, 2.75) is 27.2 Å². The first-order valence-electron chi connectivity index (χ1n) is 5.92. The number of rotatable bonds is 4. The maximum Gasteiger partial charge on any atom is 0.0233 e. The minimum absolute atomic E-state index is 0.856. The summed E-state index contributed by atoms with van der Waals surface area (Å²) in [5.74, 6) is 0.856. The smallest absolute Gasteiger partial charge is 0.0233 e. The highest BCUT2D eigenvalue weighted by molar-refractivity contribution is 5.22. The monoisotopic (exact) mass is 207 g/mol. The summed E-state index contributed by atoms with van der Waals surface area (Å²) in [4.78, 5) is 2.47. The summed E-state index contributed by atoms with van der Waals surface area (Å²) in [5.41, 5.74) is 1.27. The molecule has 1 heterocycles. The van der Waals surface area contributed by atoms with Gasteiger partial charge in [0.25, 0.3) is 0 Å². The molecule has 1 heteroatoms. The van der Waals surface area contributed by atoms with Crippen molar-refractivity contribution in [2.75, 3.05) is 19.6 Å². The molecule has 0 aromatic carbocycles. The molecule has 0 amide bonds. The number of hydrogen-bond acceptors (Lipinski definition) is 1. The van der Waals surface area contributed by atoms with Gasteiger partial charge >= 0.3 is 0 Å². The van der Waals surface area contributed by atoms with E-state index in [1.807, 2.05) is 32.1 Å². The van der Waals surface area contributed by atoms with Crippen LogP contribution in [0.25, 0.3) is 0 Å². The van der Waals surface area contributed by atoms with E-state index in [2.05, 4.69) is 25.0 Å². The van der Waals surface area contributed by atoms with Gasteiger partial charge < -0.3 is 0 Å². The third kappa shape index (κ3) is 5.58. The Labute approximate surface area is 95.2 Å². The third-order valence-electron chi connectivity index (χ3n) is 2.51. The van der Waals surface area contributed by atoms with Gasteiger partial charge in [-0.15, -0.1) is 0 Å². The Kier molecular flexibility index (Phi) is 8.02. The Morgan fingerprint density at radius 2 is 2.07 bits per heavy atom. The summed E-state index contributed by atoms with van der Waals surface area (Å²) in [6.07, 6.45) is 7.12. The highest BCUT2D eigenvalue weighted by Crippen LogP contribution is 2.16. The van der Waals surface area contributed by atoms with E-state index < -0.39 is 0 Å². The molecule has 0 aromatic rings. The SMILES string of the molecule is C=C/C=C(\C=C)CN1CCC(C)C1.CC. The van der Waals surface area contributed by atoms with Crippen molar-refractivity contribution in [2.24, 2.45) is 5.92 Å². The lowest BCUT2D eigenvalue weighted by Crippen LogP contribution is -2.22. The Balaban J connectivity index is 0.000000921. The molecule has 86 valence electrons. The van der Waals surface area contributed by atoms with Crippen LogP contribution < -0.4 is 0 Å². The van der Waals surface area contributed by atoms with E-state index in [-0.39, 0.29) is 0 Å². The summed E-state index contributed by atoms with van der Waals surface area (Å²) in [5, 5.41) is 0. The standard InChI is InChI=1S/C12H19N.C2H6/c1-4-6-12(5-2)10-13-8-7-11(3)9-13;1-2/h4-6,11H,1-2,7-10H2,3H3;1-2H3/b12-6+;. The molecule has 1 rings (SSSR count). The average molecular weight is 207 g/mol. The van der Waals surface area contributed by atoms with Crippen LogP contribution >= 0.6 is 0 Å². The van der Waals surface area contributed by atoms with Crippen LogP contribution in [0, 0.1) is 5.92 Å². The summed E-state index contributed by atoms with van der Waals surface area (Å²) in [7, 11) is 0. The van der Waals surface area contributed by atoms with E-state index in [1.165, 1.54) is 25.1 Å². The predicted molar refractivity (Wildman–Crippen MR) is 70.0 cm³/mol. The second kappa shape index (κ2) is 8.49. The van der Waals surface area contributed by atoms with Crippen molar-refractivity contribution in [1.29, 1.82) is 0 Å². The molecule has 0 N–H and O–H groups in total. The number of allylic oxidation sites excluding steroid dienone is 2. The second-order valence-corrected chi connectivity index (χ2v) is 3.81. The zero-order valence-electron chi connectivity index (χ0n) is 10.5. The van der Waals surface area contributed by atoms with Crippen molar-refractivity contribution in [1.82, 2.24) is 4.90 Å². The molecule has 1 fully saturated rings. The minimum atomic E-state index is 0.856. The van der Waals surface area contributed by atoms with Crippen LogP contribution in [-0.4, -0.2) is 24.5 Å². The van der Waals surface area contributed by atoms with Crippen LogP contribution in [0.2, 0.25) is 0 Å². The van der Waals surface area contributed by atoms with Gasteiger partial charge in [-0.05, 0) is 24.5 Å². The van der Waals surface area contributed by atoms with Gasteiger partial charge in [0.1, 0.15) is 0 Å². The first-order valence-corrected chi connectivity index (χ1v) is 5.92. The third-order valence-corrected chi connectivity index (χ3v) is 2.51. The Bertz CT molecular complexity index is 215. The molecule has 1 nitrogen and oxygen atoms in total. The first kappa shape index (κ1) is 14.2. The van der Waals surface area contributed by atoms with Gasteiger partial charge in [-0.1, -0.05) is 52.2 Å². The fraction of sp³-hybridized carbons (Fsp3) is 0.571. The van der Waals surface area contributed by atoms with E-state index in [1.54, 1.807) is 0 Å². The first-order chi connectivity index (χ1) is 7.26. The van der Waals surface area contributed by atoms with Gasteiger partial charge in [0.15, 0.2) is 0 Å². The topological polar surface area (TPSA) is 3.24 Å². The zero-order valence-corrected chi connectivity index (χ0v) is 10.5. The molecule has 0 spiro atoms. The van der Waals surface area contributed by atoms with E-state index >= 15 is 0 Å². The molecule has 0 bridgehead atoms. The Morgan fingerprint density at radius 3 is 2.47 bits per heavy atom. The van der Waals surface area contributed by atoms with Crippen molar-refractivity contribution in [3.8, 4) is 0 Å². The van der Waals surface area contributed by atoms with Crippen LogP contribution in [0.5, 0.6) is 0 Å². The van der Waals surface area contributed by atoms with Crippen LogP contribution in [0.1, 0.15) is 27.2 Å². The molecule has 1 saturated heterocycles. The van der Waals surface area contributed by atoms with Crippen molar-refractivity contribution >= 4 is 0 Å². The normalized spacial score (nSPS) is 21.8. The molecule has 15 heavy (non-hydrogen) atoms. The summed E-state index contributed by atoms with van der Waals surface area (Å²) >= 11 is 0. The van der Waals surface area contributed by atoms with Gasteiger partial charge in [0, 0.05) is 13.1 Å². The average Bonchev–Trinajstić information content (AvgIpc) is 2.66. The van der Waals surface area contributed by atoms with E-state index in [9.17, 15) is 0 Å². The van der Waals surface area contributed by atoms with Crippen molar-refractivity contribution in [3.05, 3.63) is 37.0 Å². The van der Waals surface area contributed by atoms with Gasteiger partial charge in [-0.2, -0.15) is 0 Å². The fourth-order valence-electron chi connectivity index (χ4n) is 1.76. The number of nitrogens with zero attached hydrogens (tertiary/aromatic N) is 1. The molecule has 0 radical (unpaired) electrons. The van der Waals surface area contributed by atoms with Crippen LogP contribution in [0.4, 0.5) is 0 Å². The maximum atomic E-state index is 3.80. The van der Waals surface area contributed by atoms with Gasteiger partial charge in [0.05, 0.1) is 0 Å². The molecular weight excluding hydrogens is 182 g/mol. The maximum absolute atomic E-state index is 3.80. The molecule has 1 unspecified atom stereocenters. The summed E-state index contributed by atoms with van der Waals surface area (Å²) in [6, 6.07) is 0. The molecule has 0 saturated carbocycles. The van der Waals surface area contributed by atoms with E-state index in [0.29, 0.717) is 0 Å². The lowest BCUT2D eigenvalue weighted by atomic mass is 10.2. The molecule has 0 aromatic heterocycles.